The molecule has 0 radical (unpaired) electrons. The van der Waals surface area contributed by atoms with Gasteiger partial charge in [0.05, 0.1) is 25.6 Å². The van der Waals surface area contributed by atoms with Gasteiger partial charge in [-0.05, 0) is 31.2 Å². The van der Waals surface area contributed by atoms with Gasteiger partial charge in [-0.15, -0.1) is 0 Å². The minimum Gasteiger partial charge on any atom is -0.492 e. The number of rotatable bonds is 5. The first kappa shape index (κ1) is 18.8. The number of carbonyl (C=O) groups excluding carboxylic acids is 1. The van der Waals surface area contributed by atoms with Crippen LogP contribution in [0.25, 0.3) is 4.96 Å². The molecule has 1 aromatic carbocycles. The molecule has 0 unspecified atom stereocenters. The SMILES string of the molecule is CCOC(=O)C1CC[NH+]([C@@H](c2ccc(F)cc2)c2sc3ncnn3c2O)CC1. The van der Waals surface area contributed by atoms with Gasteiger partial charge in [-0.25, -0.2) is 9.37 Å². The lowest BCUT2D eigenvalue weighted by Crippen LogP contribution is -3.13. The maximum atomic E-state index is 13.5. The fourth-order valence-electron chi connectivity index (χ4n) is 3.88. The molecule has 0 aliphatic carbocycles. The number of quaternary nitrogens is 1. The maximum Gasteiger partial charge on any atom is 0.309 e. The van der Waals surface area contributed by atoms with Gasteiger partial charge in [0.2, 0.25) is 10.8 Å². The summed E-state index contributed by atoms with van der Waals surface area (Å²) in [5.74, 6) is -0.466. The molecule has 4 rings (SSSR count). The summed E-state index contributed by atoms with van der Waals surface area (Å²) >= 11 is 1.38. The number of aromatic nitrogens is 3. The summed E-state index contributed by atoms with van der Waals surface area (Å²) in [6, 6.07) is 6.18. The third kappa shape index (κ3) is 3.47. The molecule has 1 aliphatic heterocycles. The van der Waals surface area contributed by atoms with Gasteiger partial charge < -0.3 is 14.7 Å². The summed E-state index contributed by atoms with van der Waals surface area (Å²) in [4.78, 5) is 18.8. The molecule has 28 heavy (non-hydrogen) atoms. The van der Waals surface area contributed by atoms with Crippen molar-refractivity contribution in [1.29, 1.82) is 0 Å². The Bertz CT molecular complexity index is 963. The second-order valence-corrected chi connectivity index (χ2v) is 7.92. The number of hydrogen-bond acceptors (Lipinski definition) is 6. The summed E-state index contributed by atoms with van der Waals surface area (Å²) in [5, 5.41) is 14.8. The number of nitrogens with one attached hydrogen (secondary N) is 1. The van der Waals surface area contributed by atoms with Crippen LogP contribution in [0.3, 0.4) is 0 Å². The Morgan fingerprint density at radius 1 is 1.39 bits per heavy atom. The molecule has 3 aromatic rings. The lowest BCUT2D eigenvalue weighted by Gasteiger charge is -2.33. The zero-order chi connectivity index (χ0) is 19.7. The van der Waals surface area contributed by atoms with Crippen LogP contribution in [-0.4, -0.2) is 45.4 Å². The monoisotopic (exact) mass is 405 g/mol. The summed E-state index contributed by atoms with van der Waals surface area (Å²) in [6.07, 6.45) is 2.83. The van der Waals surface area contributed by atoms with E-state index in [9.17, 15) is 14.3 Å². The van der Waals surface area contributed by atoms with Crippen molar-refractivity contribution in [2.45, 2.75) is 25.8 Å². The average Bonchev–Trinajstić information content (AvgIpc) is 3.28. The molecule has 0 amide bonds. The number of aromatic hydroxyl groups is 1. The van der Waals surface area contributed by atoms with Crippen molar-refractivity contribution in [2.75, 3.05) is 19.7 Å². The molecule has 1 saturated heterocycles. The molecule has 3 heterocycles. The molecule has 1 aliphatic rings. The summed E-state index contributed by atoms with van der Waals surface area (Å²) in [5.41, 5.74) is 0.908. The Kier molecular flexibility index (Phi) is 5.27. The van der Waals surface area contributed by atoms with E-state index in [1.807, 2.05) is 6.92 Å². The molecular formula is C19H22FN4O3S+. The largest absolute Gasteiger partial charge is 0.492 e. The van der Waals surface area contributed by atoms with E-state index in [-0.39, 0.29) is 29.6 Å². The quantitative estimate of drug-likeness (QED) is 0.630. The topological polar surface area (TPSA) is 81.2 Å². The standard InChI is InChI=1S/C19H21FN4O3S/c1-2-27-18(26)13-7-9-23(10-8-13)15(12-3-5-14(20)6-4-12)16-17(25)24-19(28-16)21-11-22-24/h3-6,11,13,15,25H,2,7-10H2,1H3/p+1/t15-/m0/s1. The zero-order valence-electron chi connectivity index (χ0n) is 15.5. The van der Waals surface area contributed by atoms with E-state index < -0.39 is 0 Å². The van der Waals surface area contributed by atoms with Crippen LogP contribution < -0.4 is 4.90 Å². The highest BCUT2D eigenvalue weighted by Crippen LogP contribution is 2.35. The third-order valence-electron chi connectivity index (χ3n) is 5.26. The highest BCUT2D eigenvalue weighted by atomic mass is 32.1. The number of nitrogens with zero attached hydrogens (tertiary/aromatic N) is 3. The second-order valence-electron chi connectivity index (χ2n) is 6.91. The minimum atomic E-state index is -0.301. The number of likely N-dealkylation sites (tertiary alicyclic amines) is 1. The molecule has 1 fully saturated rings. The van der Waals surface area contributed by atoms with E-state index in [0.29, 0.717) is 24.4 Å². The Morgan fingerprint density at radius 3 is 2.75 bits per heavy atom. The van der Waals surface area contributed by atoms with Crippen LogP contribution in [0.2, 0.25) is 0 Å². The van der Waals surface area contributed by atoms with E-state index in [1.54, 1.807) is 12.1 Å². The molecule has 2 N–H and O–H groups in total. The average molecular weight is 405 g/mol. The fraction of sp³-hybridized carbons (Fsp3) is 0.421. The lowest BCUT2D eigenvalue weighted by atomic mass is 9.93. The Hall–Kier alpha value is -2.52. The molecule has 9 heteroatoms. The van der Waals surface area contributed by atoms with E-state index in [4.69, 9.17) is 4.74 Å². The van der Waals surface area contributed by atoms with Crippen LogP contribution in [0.4, 0.5) is 4.39 Å². The van der Waals surface area contributed by atoms with Crippen LogP contribution in [0.15, 0.2) is 30.6 Å². The van der Waals surface area contributed by atoms with Crippen molar-refractivity contribution in [1.82, 2.24) is 14.6 Å². The summed E-state index contributed by atoms with van der Waals surface area (Å²) in [6.45, 7) is 3.70. The number of halogens is 1. The van der Waals surface area contributed by atoms with Crippen LogP contribution in [0.1, 0.15) is 36.2 Å². The first-order valence-corrected chi connectivity index (χ1v) is 10.2. The molecule has 148 valence electrons. The maximum absolute atomic E-state index is 13.5. The van der Waals surface area contributed by atoms with Gasteiger partial charge >= 0.3 is 5.97 Å². The van der Waals surface area contributed by atoms with Gasteiger partial charge in [0.25, 0.3) is 0 Å². The Morgan fingerprint density at radius 2 is 2.11 bits per heavy atom. The first-order chi connectivity index (χ1) is 13.6. The Balaban J connectivity index is 1.64. The number of hydrogen-bond donors (Lipinski definition) is 2. The van der Waals surface area contributed by atoms with Gasteiger partial charge in [-0.1, -0.05) is 11.3 Å². The summed E-state index contributed by atoms with van der Waals surface area (Å²) in [7, 11) is 0. The second kappa shape index (κ2) is 7.84. The van der Waals surface area contributed by atoms with E-state index >= 15 is 0 Å². The zero-order valence-corrected chi connectivity index (χ0v) is 16.3. The molecule has 0 bridgehead atoms. The Labute approximate surface area is 165 Å². The van der Waals surface area contributed by atoms with Crippen molar-refractivity contribution < 1.29 is 23.9 Å². The van der Waals surface area contributed by atoms with E-state index in [0.717, 1.165) is 23.5 Å². The van der Waals surface area contributed by atoms with Crippen LogP contribution in [0.5, 0.6) is 5.88 Å². The van der Waals surface area contributed by atoms with E-state index in [2.05, 4.69) is 10.1 Å². The number of esters is 1. The predicted molar refractivity (Wildman–Crippen MR) is 101 cm³/mol. The van der Waals surface area contributed by atoms with Crippen LogP contribution >= 0.6 is 11.3 Å². The van der Waals surface area contributed by atoms with Gasteiger partial charge in [0, 0.05) is 18.4 Å². The molecule has 0 spiro atoms. The van der Waals surface area contributed by atoms with Gasteiger partial charge in [0.1, 0.15) is 17.0 Å². The molecule has 0 saturated carbocycles. The fourth-order valence-corrected chi connectivity index (χ4v) is 5.00. The highest BCUT2D eigenvalue weighted by molar-refractivity contribution is 7.17. The summed E-state index contributed by atoms with van der Waals surface area (Å²) < 4.78 is 20.1. The van der Waals surface area contributed by atoms with Gasteiger partial charge in [-0.2, -0.15) is 9.61 Å². The van der Waals surface area contributed by atoms with Crippen LogP contribution in [-0.2, 0) is 9.53 Å². The lowest BCUT2D eigenvalue weighted by molar-refractivity contribution is -0.930. The first-order valence-electron chi connectivity index (χ1n) is 9.36. The molecule has 2 aromatic heterocycles. The van der Waals surface area contributed by atoms with Crippen molar-refractivity contribution in [3.63, 3.8) is 0 Å². The van der Waals surface area contributed by atoms with Crippen molar-refractivity contribution in [3.8, 4) is 5.88 Å². The van der Waals surface area contributed by atoms with Crippen molar-refractivity contribution >= 4 is 22.3 Å². The van der Waals surface area contributed by atoms with Crippen molar-refractivity contribution in [3.05, 3.63) is 46.9 Å². The minimum absolute atomic E-state index is 0.0619. The smallest absolute Gasteiger partial charge is 0.309 e. The van der Waals surface area contributed by atoms with Gasteiger partial charge in [0.15, 0.2) is 6.04 Å². The predicted octanol–water partition coefficient (Wildman–Crippen LogP) is 1.58. The van der Waals surface area contributed by atoms with Gasteiger partial charge in [-0.3, -0.25) is 4.79 Å². The number of benzene rings is 1. The van der Waals surface area contributed by atoms with Crippen LogP contribution in [0, 0.1) is 11.7 Å². The number of ether oxygens (including phenoxy) is 1. The molecule has 7 nitrogen and oxygen atoms in total. The molecular weight excluding hydrogens is 383 g/mol. The highest BCUT2D eigenvalue weighted by Gasteiger charge is 2.37. The van der Waals surface area contributed by atoms with Crippen molar-refractivity contribution in [2.24, 2.45) is 5.92 Å². The number of piperidine rings is 1. The number of carbonyl (C=O) groups is 1. The third-order valence-corrected chi connectivity index (χ3v) is 6.36. The number of thiazole rings is 1. The molecule has 1 atom stereocenters. The van der Waals surface area contributed by atoms with E-state index in [1.165, 1.54) is 39.2 Å². The normalized spacial score (nSPS) is 20.9. The number of fused-ring (bicyclic) bond motifs is 1.